The fraction of sp³-hybridized carbons (Fsp3) is 0.600. The number of morpholine rings is 1. The molecule has 4 rings (SSSR count). The smallest absolute Gasteiger partial charge is 0.224 e. The van der Waals surface area contributed by atoms with Gasteiger partial charge in [0.2, 0.25) is 5.95 Å². The molecule has 1 aromatic heterocycles. The van der Waals surface area contributed by atoms with E-state index in [1.54, 1.807) is 6.20 Å². The van der Waals surface area contributed by atoms with E-state index in [0.717, 1.165) is 82.7 Å². The summed E-state index contributed by atoms with van der Waals surface area (Å²) in [7, 11) is 0. The molecule has 1 atom stereocenters. The number of nitrogens with one attached hydrogen (secondary N) is 3. The summed E-state index contributed by atoms with van der Waals surface area (Å²) in [5.41, 5.74) is 2.57. The van der Waals surface area contributed by atoms with Crippen LogP contribution in [-0.2, 0) is 4.74 Å². The van der Waals surface area contributed by atoms with E-state index in [9.17, 15) is 10.2 Å². The Labute approximate surface area is 202 Å². The average Bonchev–Trinajstić information content (AvgIpc) is 2.87. The fourth-order valence-electron chi connectivity index (χ4n) is 4.41. The molecule has 0 amide bonds. The van der Waals surface area contributed by atoms with Gasteiger partial charge in [0.25, 0.3) is 0 Å². The molecule has 1 saturated carbocycles. The maximum atomic E-state index is 11.0. The van der Waals surface area contributed by atoms with Crippen LogP contribution in [0.5, 0.6) is 0 Å². The predicted molar refractivity (Wildman–Crippen MR) is 135 cm³/mol. The van der Waals surface area contributed by atoms with Crippen LogP contribution in [0, 0.1) is 0 Å². The number of hydrogen-bond acceptors (Lipinski definition) is 9. The Morgan fingerprint density at radius 2 is 1.85 bits per heavy atom. The van der Waals surface area contributed by atoms with Crippen LogP contribution in [-0.4, -0.2) is 65.2 Å². The Morgan fingerprint density at radius 1 is 1.12 bits per heavy atom. The third kappa shape index (κ3) is 6.71. The summed E-state index contributed by atoms with van der Waals surface area (Å²) >= 11 is 0. The Kier molecular flexibility index (Phi) is 8.79. The zero-order valence-corrected chi connectivity index (χ0v) is 20.0. The number of aromatic nitrogens is 2. The molecule has 0 spiro atoms. The molecule has 0 bridgehead atoms. The molecule has 9 heteroatoms. The van der Waals surface area contributed by atoms with Crippen molar-refractivity contribution in [1.29, 1.82) is 0 Å². The Bertz CT molecular complexity index is 883. The van der Waals surface area contributed by atoms with Gasteiger partial charge in [0, 0.05) is 43.2 Å². The first-order valence-corrected chi connectivity index (χ1v) is 12.5. The van der Waals surface area contributed by atoms with E-state index in [0.29, 0.717) is 17.3 Å². The summed E-state index contributed by atoms with van der Waals surface area (Å²) in [4.78, 5) is 11.4. The van der Waals surface area contributed by atoms with Crippen LogP contribution < -0.4 is 20.9 Å². The zero-order chi connectivity index (χ0) is 23.8. The second kappa shape index (κ2) is 12.2. The van der Waals surface area contributed by atoms with Gasteiger partial charge in [-0.15, -0.1) is 0 Å². The summed E-state index contributed by atoms with van der Waals surface area (Å²) in [5.74, 6) is 1.18. The highest BCUT2D eigenvalue weighted by Crippen LogP contribution is 2.28. The molecule has 2 aromatic rings. The molecule has 9 nitrogen and oxygen atoms in total. The molecule has 1 unspecified atom stereocenters. The van der Waals surface area contributed by atoms with Crippen molar-refractivity contribution in [3.8, 4) is 0 Å². The number of anilines is 4. The second-order valence-electron chi connectivity index (χ2n) is 9.12. The van der Waals surface area contributed by atoms with Gasteiger partial charge >= 0.3 is 0 Å². The lowest BCUT2D eigenvalue weighted by Crippen LogP contribution is -2.36. The third-order valence-corrected chi connectivity index (χ3v) is 6.51. The molecule has 2 heterocycles. The van der Waals surface area contributed by atoms with E-state index in [2.05, 4.69) is 49.9 Å². The Morgan fingerprint density at radius 3 is 2.56 bits per heavy atom. The molecule has 1 aliphatic carbocycles. The minimum Gasteiger partial charge on any atom is -0.393 e. The van der Waals surface area contributed by atoms with Crippen molar-refractivity contribution in [1.82, 2.24) is 9.97 Å². The molecule has 1 aliphatic heterocycles. The van der Waals surface area contributed by atoms with Gasteiger partial charge in [-0.2, -0.15) is 4.98 Å². The molecular weight excluding hydrogens is 432 g/mol. The monoisotopic (exact) mass is 470 g/mol. The van der Waals surface area contributed by atoms with Crippen molar-refractivity contribution in [3.63, 3.8) is 0 Å². The van der Waals surface area contributed by atoms with Crippen LogP contribution in [0.3, 0.4) is 0 Å². The van der Waals surface area contributed by atoms with E-state index >= 15 is 0 Å². The highest BCUT2D eigenvalue weighted by atomic mass is 16.5. The van der Waals surface area contributed by atoms with Crippen molar-refractivity contribution >= 4 is 23.1 Å². The first-order valence-electron chi connectivity index (χ1n) is 12.5. The van der Waals surface area contributed by atoms with E-state index in [4.69, 9.17) is 4.74 Å². The van der Waals surface area contributed by atoms with Gasteiger partial charge in [0.15, 0.2) is 6.23 Å². The number of benzene rings is 1. The normalized spacial score (nSPS) is 21.7. The largest absolute Gasteiger partial charge is 0.393 e. The number of nitrogens with zero attached hydrogens (tertiary/aromatic N) is 3. The van der Waals surface area contributed by atoms with E-state index in [-0.39, 0.29) is 12.1 Å². The van der Waals surface area contributed by atoms with Crippen LogP contribution in [0.1, 0.15) is 57.2 Å². The van der Waals surface area contributed by atoms with Crippen LogP contribution in [0.4, 0.5) is 23.1 Å². The van der Waals surface area contributed by atoms with Crippen molar-refractivity contribution in [2.45, 2.75) is 63.8 Å². The summed E-state index contributed by atoms with van der Waals surface area (Å²) in [6, 6.07) is 8.28. The molecule has 1 saturated heterocycles. The molecular formula is C25H38N6O3. The standard InChI is InChI=1S/C25H38N6O3/c1-2-3-12-26-25-27-17-22(23(30-25)28-18-6-10-21(32)11-7-18)24(33)29-19-4-8-20(9-5-19)31-13-15-34-16-14-31/h4-5,8-9,17-18,21,24,29,32-33H,2-3,6-7,10-16H2,1H3,(H2,26,27,28,30). The number of ether oxygens (including phenoxy) is 1. The third-order valence-electron chi connectivity index (χ3n) is 6.51. The molecule has 186 valence electrons. The highest BCUT2D eigenvalue weighted by molar-refractivity contribution is 5.57. The van der Waals surface area contributed by atoms with Gasteiger partial charge in [-0.05, 0) is 56.4 Å². The number of aliphatic hydroxyl groups excluding tert-OH is 2. The van der Waals surface area contributed by atoms with Crippen molar-refractivity contribution in [2.24, 2.45) is 0 Å². The predicted octanol–water partition coefficient (Wildman–Crippen LogP) is 3.34. The maximum Gasteiger partial charge on any atom is 0.224 e. The molecule has 34 heavy (non-hydrogen) atoms. The SMILES string of the molecule is CCCCNc1ncc(C(O)Nc2ccc(N3CCOCC3)cc2)c(NC2CCC(O)CC2)n1. The first-order chi connectivity index (χ1) is 16.6. The van der Waals surface area contributed by atoms with E-state index in [1.165, 1.54) is 0 Å². The van der Waals surface area contributed by atoms with Crippen LogP contribution >= 0.6 is 0 Å². The molecule has 2 aliphatic rings. The maximum absolute atomic E-state index is 11.0. The first kappa shape index (κ1) is 24.5. The summed E-state index contributed by atoms with van der Waals surface area (Å²) in [6.07, 6.45) is 5.92. The quantitative estimate of drug-likeness (QED) is 0.263. The van der Waals surface area contributed by atoms with Gasteiger partial charge in [0.1, 0.15) is 5.82 Å². The average molecular weight is 471 g/mol. The van der Waals surface area contributed by atoms with Crippen LogP contribution in [0.15, 0.2) is 30.5 Å². The fourth-order valence-corrected chi connectivity index (χ4v) is 4.41. The van der Waals surface area contributed by atoms with Crippen molar-refractivity contribution in [2.75, 3.05) is 53.7 Å². The lowest BCUT2D eigenvalue weighted by atomic mass is 9.93. The van der Waals surface area contributed by atoms with Crippen LogP contribution in [0.2, 0.25) is 0 Å². The molecule has 2 fully saturated rings. The number of aliphatic hydroxyl groups is 2. The van der Waals surface area contributed by atoms with Gasteiger partial charge in [-0.1, -0.05) is 13.3 Å². The van der Waals surface area contributed by atoms with E-state index < -0.39 is 6.23 Å². The summed E-state index contributed by atoms with van der Waals surface area (Å²) < 4.78 is 5.43. The number of rotatable bonds is 10. The van der Waals surface area contributed by atoms with Gasteiger partial charge < -0.3 is 35.8 Å². The van der Waals surface area contributed by atoms with Gasteiger partial charge in [0.05, 0.1) is 24.9 Å². The lowest BCUT2D eigenvalue weighted by Gasteiger charge is -2.29. The van der Waals surface area contributed by atoms with Crippen molar-refractivity contribution < 1.29 is 14.9 Å². The summed E-state index contributed by atoms with van der Waals surface area (Å²) in [6.45, 7) is 6.22. The molecule has 1 aromatic carbocycles. The van der Waals surface area contributed by atoms with Gasteiger partial charge in [-0.25, -0.2) is 4.98 Å². The van der Waals surface area contributed by atoms with Crippen LogP contribution in [0.25, 0.3) is 0 Å². The van der Waals surface area contributed by atoms with E-state index in [1.807, 2.05) is 12.1 Å². The molecule has 5 N–H and O–H groups in total. The molecule has 0 radical (unpaired) electrons. The highest BCUT2D eigenvalue weighted by Gasteiger charge is 2.23. The van der Waals surface area contributed by atoms with Gasteiger partial charge in [-0.3, -0.25) is 0 Å². The second-order valence-corrected chi connectivity index (χ2v) is 9.12. The Balaban J connectivity index is 1.45. The van der Waals surface area contributed by atoms with Crippen molar-refractivity contribution in [3.05, 3.63) is 36.0 Å². The lowest BCUT2D eigenvalue weighted by molar-refractivity contribution is 0.122. The minimum absolute atomic E-state index is 0.209. The topological polar surface area (TPSA) is 115 Å². The summed E-state index contributed by atoms with van der Waals surface area (Å²) in [5, 5.41) is 30.8. The number of unbranched alkanes of at least 4 members (excludes halogenated alkanes) is 1. The minimum atomic E-state index is -0.962. The Hall–Kier alpha value is -2.62. The zero-order valence-electron chi connectivity index (χ0n) is 20.0. The number of hydrogen-bond donors (Lipinski definition) is 5.